The van der Waals surface area contributed by atoms with Crippen LogP contribution >= 0.6 is 11.6 Å². The molecule has 0 N–H and O–H groups in total. The van der Waals surface area contributed by atoms with Gasteiger partial charge in [-0.25, -0.2) is 8.42 Å². The normalized spacial score (nSPS) is 11.4. The molecule has 1 aromatic rings. The SMILES string of the molecule is CS(=O)(=O)CCCC(=O)Cc1ccc(Cl)cc1. The molecule has 0 saturated heterocycles. The Hall–Kier alpha value is -0.870. The van der Waals surface area contributed by atoms with E-state index in [1.165, 1.54) is 6.26 Å². The Labute approximate surface area is 107 Å². The number of halogens is 1. The molecule has 0 radical (unpaired) electrons. The molecule has 0 fully saturated rings. The highest BCUT2D eigenvalue weighted by Gasteiger charge is 2.07. The summed E-state index contributed by atoms with van der Waals surface area (Å²) in [5.74, 6) is 0.121. The average Bonchev–Trinajstić information content (AvgIpc) is 2.19. The number of hydrogen-bond donors (Lipinski definition) is 0. The second-order valence-electron chi connectivity index (χ2n) is 4.08. The molecular formula is C12H15ClO3S. The van der Waals surface area contributed by atoms with E-state index < -0.39 is 9.84 Å². The minimum Gasteiger partial charge on any atom is -0.299 e. The van der Waals surface area contributed by atoms with Crippen LogP contribution in [0.4, 0.5) is 0 Å². The smallest absolute Gasteiger partial charge is 0.147 e. The fourth-order valence-corrected chi connectivity index (χ4v) is 2.24. The van der Waals surface area contributed by atoms with Gasteiger partial charge in [0.05, 0.1) is 5.75 Å². The van der Waals surface area contributed by atoms with Crippen LogP contribution in [0.1, 0.15) is 18.4 Å². The van der Waals surface area contributed by atoms with Crippen molar-refractivity contribution in [3.8, 4) is 0 Å². The van der Waals surface area contributed by atoms with Crippen molar-refractivity contribution in [2.24, 2.45) is 0 Å². The van der Waals surface area contributed by atoms with E-state index in [1.807, 2.05) is 0 Å². The second-order valence-corrected chi connectivity index (χ2v) is 6.77. The van der Waals surface area contributed by atoms with Crippen LogP contribution in [0.15, 0.2) is 24.3 Å². The first-order valence-electron chi connectivity index (χ1n) is 5.31. The van der Waals surface area contributed by atoms with Gasteiger partial charge >= 0.3 is 0 Å². The summed E-state index contributed by atoms with van der Waals surface area (Å²) in [7, 11) is -2.97. The minimum atomic E-state index is -2.97. The Bertz CT molecular complexity index is 477. The minimum absolute atomic E-state index is 0.0518. The molecule has 0 bridgehead atoms. The first-order valence-corrected chi connectivity index (χ1v) is 7.74. The maximum atomic E-state index is 11.6. The van der Waals surface area contributed by atoms with Gasteiger partial charge in [0.1, 0.15) is 15.6 Å². The molecule has 0 aliphatic carbocycles. The highest BCUT2D eigenvalue weighted by molar-refractivity contribution is 7.90. The number of sulfone groups is 1. The Morgan fingerprint density at radius 1 is 1.24 bits per heavy atom. The van der Waals surface area contributed by atoms with Gasteiger partial charge in [0.15, 0.2) is 0 Å². The van der Waals surface area contributed by atoms with E-state index >= 15 is 0 Å². The van der Waals surface area contributed by atoms with Gasteiger partial charge in [-0.05, 0) is 24.1 Å². The zero-order chi connectivity index (χ0) is 12.9. The van der Waals surface area contributed by atoms with Crippen molar-refractivity contribution in [3.05, 3.63) is 34.9 Å². The molecule has 1 aromatic carbocycles. The molecule has 0 atom stereocenters. The summed E-state index contributed by atoms with van der Waals surface area (Å²) < 4.78 is 21.8. The first-order chi connectivity index (χ1) is 7.87. The predicted octanol–water partition coefficient (Wildman–Crippen LogP) is 2.28. The topological polar surface area (TPSA) is 51.2 Å². The highest BCUT2D eigenvalue weighted by atomic mass is 35.5. The number of rotatable bonds is 6. The van der Waals surface area contributed by atoms with Gasteiger partial charge in [-0.15, -0.1) is 0 Å². The summed E-state index contributed by atoms with van der Waals surface area (Å²) in [4.78, 5) is 11.6. The Morgan fingerprint density at radius 3 is 2.35 bits per heavy atom. The molecule has 0 heterocycles. The lowest BCUT2D eigenvalue weighted by Gasteiger charge is -2.01. The molecule has 5 heteroatoms. The predicted molar refractivity (Wildman–Crippen MR) is 69.1 cm³/mol. The van der Waals surface area contributed by atoms with Crippen molar-refractivity contribution < 1.29 is 13.2 Å². The van der Waals surface area contributed by atoms with Crippen LogP contribution in [0.5, 0.6) is 0 Å². The van der Waals surface area contributed by atoms with E-state index in [-0.39, 0.29) is 11.5 Å². The summed E-state index contributed by atoms with van der Waals surface area (Å²) in [6.45, 7) is 0. The lowest BCUT2D eigenvalue weighted by molar-refractivity contribution is -0.118. The number of carbonyl (C=O) groups is 1. The van der Waals surface area contributed by atoms with Crippen molar-refractivity contribution in [2.75, 3.05) is 12.0 Å². The third kappa shape index (κ3) is 6.44. The third-order valence-electron chi connectivity index (χ3n) is 2.29. The van der Waals surface area contributed by atoms with Gasteiger partial charge in [0.25, 0.3) is 0 Å². The Balaban J connectivity index is 2.37. The zero-order valence-electron chi connectivity index (χ0n) is 9.65. The van der Waals surface area contributed by atoms with E-state index in [1.54, 1.807) is 24.3 Å². The van der Waals surface area contributed by atoms with Crippen LogP contribution in [-0.2, 0) is 21.1 Å². The summed E-state index contributed by atoms with van der Waals surface area (Å²) in [5.41, 5.74) is 0.902. The van der Waals surface area contributed by atoms with Gasteiger partial charge in [0, 0.05) is 24.1 Å². The van der Waals surface area contributed by atoms with Crippen LogP contribution in [-0.4, -0.2) is 26.2 Å². The van der Waals surface area contributed by atoms with Gasteiger partial charge in [-0.2, -0.15) is 0 Å². The van der Waals surface area contributed by atoms with Gasteiger partial charge in [-0.1, -0.05) is 23.7 Å². The van der Waals surface area contributed by atoms with E-state index in [4.69, 9.17) is 11.6 Å². The van der Waals surface area contributed by atoms with Crippen molar-refractivity contribution in [2.45, 2.75) is 19.3 Å². The number of ketones is 1. The highest BCUT2D eigenvalue weighted by Crippen LogP contribution is 2.11. The molecule has 0 aliphatic rings. The summed E-state index contributed by atoms with van der Waals surface area (Å²) in [6.07, 6.45) is 2.21. The fourth-order valence-electron chi connectivity index (χ4n) is 1.45. The molecule has 17 heavy (non-hydrogen) atoms. The number of carbonyl (C=O) groups excluding carboxylic acids is 1. The quantitative estimate of drug-likeness (QED) is 0.800. The molecule has 1 rings (SSSR count). The summed E-state index contributed by atoms with van der Waals surface area (Å²) in [5, 5.41) is 0.637. The zero-order valence-corrected chi connectivity index (χ0v) is 11.2. The molecule has 94 valence electrons. The van der Waals surface area contributed by atoms with E-state index in [9.17, 15) is 13.2 Å². The molecule has 0 aromatic heterocycles. The van der Waals surface area contributed by atoms with Crippen LogP contribution < -0.4 is 0 Å². The van der Waals surface area contributed by atoms with Crippen LogP contribution in [0.2, 0.25) is 5.02 Å². The number of Topliss-reactive ketones (excluding diaryl/α,β-unsaturated/α-hetero) is 1. The summed E-state index contributed by atoms with van der Waals surface area (Å²) >= 11 is 5.73. The van der Waals surface area contributed by atoms with Crippen LogP contribution in [0, 0.1) is 0 Å². The fraction of sp³-hybridized carbons (Fsp3) is 0.417. The molecule has 0 aliphatic heterocycles. The van der Waals surface area contributed by atoms with Gasteiger partial charge in [-0.3, -0.25) is 4.79 Å². The maximum absolute atomic E-state index is 11.6. The van der Waals surface area contributed by atoms with Gasteiger partial charge < -0.3 is 0 Å². The third-order valence-corrected chi connectivity index (χ3v) is 3.57. The molecular weight excluding hydrogens is 260 g/mol. The summed E-state index contributed by atoms with van der Waals surface area (Å²) in [6, 6.07) is 7.08. The van der Waals surface area contributed by atoms with Gasteiger partial charge in [0.2, 0.25) is 0 Å². The maximum Gasteiger partial charge on any atom is 0.147 e. The molecule has 0 amide bonds. The molecule has 3 nitrogen and oxygen atoms in total. The first kappa shape index (κ1) is 14.2. The Morgan fingerprint density at radius 2 is 1.82 bits per heavy atom. The largest absolute Gasteiger partial charge is 0.299 e. The van der Waals surface area contributed by atoms with Crippen LogP contribution in [0.25, 0.3) is 0 Å². The average molecular weight is 275 g/mol. The lowest BCUT2D eigenvalue weighted by Crippen LogP contribution is -2.08. The monoisotopic (exact) mass is 274 g/mol. The van der Waals surface area contributed by atoms with Crippen molar-refractivity contribution >= 4 is 27.2 Å². The molecule has 0 saturated carbocycles. The van der Waals surface area contributed by atoms with E-state index in [0.29, 0.717) is 24.3 Å². The lowest BCUT2D eigenvalue weighted by atomic mass is 10.1. The molecule has 0 unspecified atom stereocenters. The van der Waals surface area contributed by atoms with E-state index in [2.05, 4.69) is 0 Å². The van der Waals surface area contributed by atoms with Crippen LogP contribution in [0.3, 0.4) is 0 Å². The molecule has 0 spiro atoms. The second kappa shape index (κ2) is 6.17. The van der Waals surface area contributed by atoms with Crippen molar-refractivity contribution in [3.63, 3.8) is 0 Å². The van der Waals surface area contributed by atoms with E-state index in [0.717, 1.165) is 5.56 Å². The Kier molecular flexibility index (Phi) is 5.15. The number of hydrogen-bond acceptors (Lipinski definition) is 3. The number of benzene rings is 1. The van der Waals surface area contributed by atoms with Crippen molar-refractivity contribution in [1.82, 2.24) is 0 Å². The standard InChI is InChI=1S/C12H15ClO3S/c1-17(15,16)8-2-3-12(14)9-10-4-6-11(13)7-5-10/h4-7H,2-3,8-9H2,1H3. The van der Waals surface area contributed by atoms with Crippen molar-refractivity contribution in [1.29, 1.82) is 0 Å².